The monoisotopic (exact) mass is 485 g/mol. The Morgan fingerprint density at radius 2 is 1.81 bits per heavy atom. The zero-order chi connectivity index (χ0) is 25.6. The van der Waals surface area contributed by atoms with Crippen molar-refractivity contribution in [3.8, 4) is 28.2 Å². The molecule has 0 aromatic heterocycles. The fraction of sp³-hybridized carbons (Fsp3) is 0.276. The maximum atomic E-state index is 13.9. The third-order valence-corrected chi connectivity index (χ3v) is 6.30. The summed E-state index contributed by atoms with van der Waals surface area (Å²) in [6.07, 6.45) is 1.25. The van der Waals surface area contributed by atoms with Crippen LogP contribution < -0.4 is 5.43 Å². The summed E-state index contributed by atoms with van der Waals surface area (Å²) in [5, 5.41) is 10.7. The number of ether oxygens (including phenoxy) is 1. The second-order valence-corrected chi connectivity index (χ2v) is 10.1. The zero-order valence-corrected chi connectivity index (χ0v) is 20.4. The fourth-order valence-corrected chi connectivity index (χ4v) is 4.82. The maximum Gasteiger partial charge on any atom is 0.329 e. The lowest BCUT2D eigenvalue weighted by Gasteiger charge is -2.28. The average molecular weight is 486 g/mol. The van der Waals surface area contributed by atoms with Crippen molar-refractivity contribution in [2.24, 2.45) is 0 Å². The summed E-state index contributed by atoms with van der Waals surface area (Å²) in [5.74, 6) is -0.291. The molecule has 184 valence electrons. The van der Waals surface area contributed by atoms with Gasteiger partial charge in [0.25, 0.3) is 5.91 Å². The van der Waals surface area contributed by atoms with Crippen molar-refractivity contribution < 1.29 is 23.8 Å². The first-order valence-corrected chi connectivity index (χ1v) is 12.0. The molecule has 1 unspecified atom stereocenters. The highest BCUT2D eigenvalue weighted by Crippen LogP contribution is 2.42. The van der Waals surface area contributed by atoms with Crippen LogP contribution in [-0.4, -0.2) is 40.1 Å². The Morgan fingerprint density at radius 3 is 2.58 bits per heavy atom. The number of benzene rings is 3. The summed E-state index contributed by atoms with van der Waals surface area (Å²) in [4.78, 5) is 40.5. The van der Waals surface area contributed by atoms with Crippen molar-refractivity contribution >= 4 is 22.8 Å². The van der Waals surface area contributed by atoms with E-state index in [9.17, 15) is 19.5 Å². The van der Waals surface area contributed by atoms with Gasteiger partial charge in [0.05, 0.1) is 0 Å². The lowest BCUT2D eigenvalue weighted by molar-refractivity contribution is -0.159. The highest BCUT2D eigenvalue weighted by Gasteiger charge is 2.38. The Balaban J connectivity index is 1.66. The number of phenols is 1. The molecule has 0 spiro atoms. The Labute approximate surface area is 208 Å². The van der Waals surface area contributed by atoms with E-state index >= 15 is 0 Å². The van der Waals surface area contributed by atoms with Gasteiger partial charge < -0.3 is 19.2 Å². The normalized spacial score (nSPS) is 16.0. The molecule has 1 saturated heterocycles. The number of amides is 1. The van der Waals surface area contributed by atoms with Gasteiger partial charge >= 0.3 is 5.97 Å². The van der Waals surface area contributed by atoms with Gasteiger partial charge in [-0.1, -0.05) is 18.2 Å². The van der Waals surface area contributed by atoms with Crippen molar-refractivity contribution in [1.29, 1.82) is 0 Å². The molecule has 1 fully saturated rings. The second-order valence-electron chi connectivity index (χ2n) is 10.1. The summed E-state index contributed by atoms with van der Waals surface area (Å²) in [5.41, 5.74) is 1.98. The van der Waals surface area contributed by atoms with Crippen LogP contribution in [-0.2, 0) is 9.53 Å². The van der Waals surface area contributed by atoms with E-state index in [1.165, 1.54) is 18.2 Å². The number of aromatic hydroxyl groups is 1. The van der Waals surface area contributed by atoms with Crippen molar-refractivity contribution in [2.45, 2.75) is 45.3 Å². The van der Waals surface area contributed by atoms with Gasteiger partial charge in [-0.2, -0.15) is 0 Å². The molecule has 2 aromatic rings. The molecule has 7 heteroatoms. The number of hydrogen-bond acceptors (Lipinski definition) is 6. The Morgan fingerprint density at radius 1 is 1.03 bits per heavy atom. The molecule has 3 aliphatic rings. The van der Waals surface area contributed by atoms with Crippen molar-refractivity contribution in [3.63, 3.8) is 0 Å². The smallest absolute Gasteiger partial charge is 0.329 e. The first-order chi connectivity index (χ1) is 17.1. The predicted molar refractivity (Wildman–Crippen MR) is 136 cm³/mol. The molecule has 36 heavy (non-hydrogen) atoms. The number of phenolic OH excluding ortho intramolecular Hbond substituents is 1. The zero-order valence-electron chi connectivity index (χ0n) is 20.4. The van der Waals surface area contributed by atoms with E-state index < -0.39 is 17.6 Å². The summed E-state index contributed by atoms with van der Waals surface area (Å²) >= 11 is 0. The summed E-state index contributed by atoms with van der Waals surface area (Å²) in [6.45, 7) is 5.88. The van der Waals surface area contributed by atoms with E-state index in [1.54, 1.807) is 35.2 Å². The minimum Gasteiger partial charge on any atom is -0.508 e. The number of carbonyl (C=O) groups is 2. The molecule has 1 N–H and O–H groups in total. The van der Waals surface area contributed by atoms with Crippen LogP contribution in [0.25, 0.3) is 33.4 Å². The number of likely N-dealkylation sites (tertiary alicyclic amines) is 1. The fourth-order valence-electron chi connectivity index (χ4n) is 4.82. The number of hydrogen-bond donors (Lipinski definition) is 1. The quantitative estimate of drug-likeness (QED) is 0.316. The van der Waals surface area contributed by atoms with Crippen molar-refractivity contribution in [3.05, 3.63) is 76.5 Å². The molecule has 0 bridgehead atoms. The van der Waals surface area contributed by atoms with Gasteiger partial charge in [-0.05, 0) is 69.5 Å². The molecule has 1 amide bonds. The molecule has 5 rings (SSSR count). The predicted octanol–water partition coefficient (Wildman–Crippen LogP) is 5.22. The van der Waals surface area contributed by atoms with E-state index in [-0.39, 0.29) is 17.1 Å². The van der Waals surface area contributed by atoms with Crippen molar-refractivity contribution in [2.75, 3.05) is 6.54 Å². The largest absolute Gasteiger partial charge is 0.508 e. The Kier molecular flexibility index (Phi) is 5.79. The van der Waals surface area contributed by atoms with Crippen LogP contribution in [0.15, 0.2) is 69.9 Å². The van der Waals surface area contributed by atoms with E-state index in [4.69, 9.17) is 9.15 Å². The average Bonchev–Trinajstić information content (AvgIpc) is 3.31. The molecule has 2 aromatic carbocycles. The lowest BCUT2D eigenvalue weighted by atomic mass is 9.90. The molecule has 1 atom stereocenters. The van der Waals surface area contributed by atoms with Gasteiger partial charge in [0.15, 0.2) is 5.43 Å². The molecule has 1 aliphatic carbocycles. The Hall–Kier alpha value is -4.13. The summed E-state index contributed by atoms with van der Waals surface area (Å²) in [7, 11) is 0. The van der Waals surface area contributed by atoms with Gasteiger partial charge in [-0.15, -0.1) is 0 Å². The third-order valence-electron chi connectivity index (χ3n) is 6.30. The second kappa shape index (κ2) is 8.82. The minimum absolute atomic E-state index is 0.0245. The van der Waals surface area contributed by atoms with Crippen LogP contribution in [0.3, 0.4) is 0 Å². The molecule has 7 nitrogen and oxygen atoms in total. The molecule has 2 heterocycles. The SMILES string of the molecule is CC(C)(C)OC(=O)C1CCCN1C(=O)c1ccccc1-c1c2ccc(=O)cc-2oc2cc(O)ccc12. The molecular formula is C29H27NO6. The number of nitrogens with zero attached hydrogens (tertiary/aromatic N) is 1. The highest BCUT2D eigenvalue weighted by molar-refractivity contribution is 6.09. The van der Waals surface area contributed by atoms with E-state index in [0.29, 0.717) is 58.4 Å². The summed E-state index contributed by atoms with van der Waals surface area (Å²) in [6, 6.07) is 15.9. The van der Waals surface area contributed by atoms with E-state index in [1.807, 2.05) is 32.9 Å². The van der Waals surface area contributed by atoms with Crippen LogP contribution in [0, 0.1) is 0 Å². The lowest BCUT2D eigenvalue weighted by Crippen LogP contribution is -2.43. The molecule has 0 saturated carbocycles. The third kappa shape index (κ3) is 4.33. The highest BCUT2D eigenvalue weighted by atomic mass is 16.6. The van der Waals surface area contributed by atoms with Gasteiger partial charge in [0, 0.05) is 40.8 Å². The topological polar surface area (TPSA) is 97.0 Å². The number of rotatable bonds is 3. The van der Waals surface area contributed by atoms with Gasteiger partial charge in [-0.25, -0.2) is 4.79 Å². The van der Waals surface area contributed by atoms with Crippen LogP contribution in [0.1, 0.15) is 44.0 Å². The summed E-state index contributed by atoms with van der Waals surface area (Å²) < 4.78 is 11.5. The maximum absolute atomic E-state index is 13.9. The minimum atomic E-state index is -0.649. The van der Waals surface area contributed by atoms with Crippen LogP contribution >= 0.6 is 0 Å². The van der Waals surface area contributed by atoms with Crippen LogP contribution in [0.5, 0.6) is 5.75 Å². The molecular weight excluding hydrogens is 458 g/mol. The van der Waals surface area contributed by atoms with Crippen molar-refractivity contribution in [1.82, 2.24) is 4.90 Å². The standard InChI is InChI=1S/C29H27NO6/c1-29(2,3)36-28(34)23-9-6-14-30(23)27(33)20-8-5-4-7-19(20)26-21-12-10-17(31)15-24(21)35-25-16-18(32)11-13-22(25)26/h4-5,7-8,10-13,15-16,23,31H,6,9,14H2,1-3H3. The van der Waals surface area contributed by atoms with E-state index in [2.05, 4.69) is 0 Å². The first-order valence-electron chi connectivity index (χ1n) is 12.0. The number of esters is 1. The molecule has 2 aliphatic heterocycles. The number of carbonyl (C=O) groups excluding carboxylic acids is 2. The van der Waals surface area contributed by atoms with Crippen LogP contribution in [0.4, 0.5) is 0 Å². The van der Waals surface area contributed by atoms with Crippen LogP contribution in [0.2, 0.25) is 0 Å². The first kappa shape index (κ1) is 23.6. The van der Waals surface area contributed by atoms with E-state index in [0.717, 1.165) is 0 Å². The van der Waals surface area contributed by atoms with Gasteiger partial charge in [0.2, 0.25) is 0 Å². The van der Waals surface area contributed by atoms with Gasteiger partial charge in [-0.3, -0.25) is 9.59 Å². The Bertz CT molecular complexity index is 1510. The van der Waals surface area contributed by atoms with Gasteiger partial charge in [0.1, 0.15) is 28.7 Å². The number of fused-ring (bicyclic) bond motifs is 2. The molecule has 0 radical (unpaired) electrons.